The van der Waals surface area contributed by atoms with Gasteiger partial charge in [-0.15, -0.1) is 0 Å². The van der Waals surface area contributed by atoms with Gasteiger partial charge in [0, 0.05) is 6.20 Å². The molecule has 0 radical (unpaired) electrons. The smallest absolute Gasteiger partial charge is 0.270 e. The number of aryl methyl sites for hydroxylation is 1. The monoisotopic (exact) mass is 401 g/mol. The molecule has 1 aliphatic carbocycles. The standard InChI is InChI=1S/C21H21F2N3O3/c1-13-18(20(28)25-21(12-27)8-4-9-21)26-10-3-7-17(19(26)24-13)29-11-14-15(22)5-2-6-16(14)23/h2-3,5-7,10,27H,4,8-9,11-12H2,1H3,(H,25,28). The molecule has 1 aromatic carbocycles. The third-order valence-corrected chi connectivity index (χ3v) is 5.43. The Balaban J connectivity index is 1.63. The number of carbonyl (C=O) groups excluding carboxylic acids is 1. The van der Waals surface area contributed by atoms with Crippen LogP contribution in [0.3, 0.4) is 0 Å². The summed E-state index contributed by atoms with van der Waals surface area (Å²) in [4.78, 5) is 17.3. The van der Waals surface area contributed by atoms with E-state index in [1.807, 2.05) is 0 Å². The summed E-state index contributed by atoms with van der Waals surface area (Å²) in [6.45, 7) is 1.28. The van der Waals surface area contributed by atoms with E-state index in [0.717, 1.165) is 19.3 Å². The van der Waals surface area contributed by atoms with E-state index in [4.69, 9.17) is 4.74 Å². The van der Waals surface area contributed by atoms with Crippen LogP contribution < -0.4 is 10.1 Å². The van der Waals surface area contributed by atoms with Crippen molar-refractivity contribution >= 4 is 11.6 Å². The molecule has 0 bridgehead atoms. The molecule has 2 heterocycles. The average molecular weight is 401 g/mol. The molecule has 0 atom stereocenters. The highest BCUT2D eigenvalue weighted by Crippen LogP contribution is 2.32. The molecule has 3 aromatic rings. The van der Waals surface area contributed by atoms with E-state index in [1.54, 1.807) is 29.7 Å². The number of benzene rings is 1. The van der Waals surface area contributed by atoms with Gasteiger partial charge in [0.05, 0.1) is 23.4 Å². The van der Waals surface area contributed by atoms with Gasteiger partial charge < -0.3 is 15.2 Å². The maximum absolute atomic E-state index is 13.9. The molecule has 152 valence electrons. The van der Waals surface area contributed by atoms with Crippen molar-refractivity contribution in [3.05, 3.63) is 65.1 Å². The molecule has 1 saturated carbocycles. The van der Waals surface area contributed by atoms with Gasteiger partial charge in [0.2, 0.25) is 0 Å². The van der Waals surface area contributed by atoms with Crippen LogP contribution in [0, 0.1) is 18.6 Å². The highest BCUT2D eigenvalue weighted by atomic mass is 19.1. The van der Waals surface area contributed by atoms with Crippen LogP contribution in [0.2, 0.25) is 0 Å². The van der Waals surface area contributed by atoms with E-state index in [0.29, 0.717) is 22.8 Å². The lowest BCUT2D eigenvalue weighted by Crippen LogP contribution is -2.56. The Bertz CT molecular complexity index is 1050. The van der Waals surface area contributed by atoms with Crippen LogP contribution in [-0.2, 0) is 6.61 Å². The Morgan fingerprint density at radius 1 is 1.28 bits per heavy atom. The lowest BCUT2D eigenvalue weighted by Gasteiger charge is -2.40. The van der Waals surface area contributed by atoms with Gasteiger partial charge in [0.15, 0.2) is 11.4 Å². The topological polar surface area (TPSA) is 75.9 Å². The fourth-order valence-corrected chi connectivity index (χ4v) is 3.59. The van der Waals surface area contributed by atoms with Crippen molar-refractivity contribution in [3.63, 3.8) is 0 Å². The third-order valence-electron chi connectivity index (χ3n) is 5.43. The number of hydrogen-bond donors (Lipinski definition) is 2. The lowest BCUT2D eigenvalue weighted by atomic mass is 9.77. The second-order valence-electron chi connectivity index (χ2n) is 7.35. The van der Waals surface area contributed by atoms with Gasteiger partial charge in [-0.1, -0.05) is 6.07 Å². The zero-order valence-electron chi connectivity index (χ0n) is 15.9. The molecule has 8 heteroatoms. The lowest BCUT2D eigenvalue weighted by molar-refractivity contribution is 0.0636. The van der Waals surface area contributed by atoms with Crippen molar-refractivity contribution in [1.82, 2.24) is 14.7 Å². The Labute approximate surface area is 166 Å². The number of ether oxygens (including phenoxy) is 1. The summed E-state index contributed by atoms with van der Waals surface area (Å²) in [6.07, 6.45) is 4.09. The maximum atomic E-state index is 13.9. The van der Waals surface area contributed by atoms with Crippen molar-refractivity contribution in [1.29, 1.82) is 0 Å². The number of carbonyl (C=O) groups is 1. The molecule has 0 unspecified atom stereocenters. The quantitative estimate of drug-likeness (QED) is 0.665. The first-order valence-corrected chi connectivity index (χ1v) is 9.41. The number of pyridine rings is 1. The summed E-state index contributed by atoms with van der Waals surface area (Å²) < 4.78 is 34.9. The normalized spacial score (nSPS) is 15.2. The molecule has 0 aliphatic heterocycles. The first kappa shape index (κ1) is 19.3. The predicted octanol–water partition coefficient (Wildman–Crippen LogP) is 3.14. The molecule has 6 nitrogen and oxygen atoms in total. The molecular formula is C21H21F2N3O3. The number of hydrogen-bond acceptors (Lipinski definition) is 4. The van der Waals surface area contributed by atoms with Gasteiger partial charge in [-0.25, -0.2) is 13.8 Å². The van der Waals surface area contributed by atoms with Crippen molar-refractivity contribution in [3.8, 4) is 5.75 Å². The Morgan fingerprint density at radius 2 is 2.00 bits per heavy atom. The fraction of sp³-hybridized carbons (Fsp3) is 0.333. The average Bonchev–Trinajstić information content (AvgIpc) is 3.01. The van der Waals surface area contributed by atoms with Crippen LogP contribution in [0.4, 0.5) is 8.78 Å². The number of aromatic nitrogens is 2. The van der Waals surface area contributed by atoms with Gasteiger partial charge in [0.1, 0.15) is 23.9 Å². The first-order valence-electron chi connectivity index (χ1n) is 9.41. The fourth-order valence-electron chi connectivity index (χ4n) is 3.59. The number of imidazole rings is 1. The number of amides is 1. The minimum atomic E-state index is -0.689. The molecule has 2 aromatic heterocycles. The van der Waals surface area contributed by atoms with Crippen molar-refractivity contribution in [2.24, 2.45) is 0 Å². The predicted molar refractivity (Wildman–Crippen MR) is 102 cm³/mol. The summed E-state index contributed by atoms with van der Waals surface area (Å²) in [5.41, 5.74) is 0.443. The summed E-state index contributed by atoms with van der Waals surface area (Å²) in [6, 6.07) is 6.93. The number of nitrogens with one attached hydrogen (secondary N) is 1. The van der Waals surface area contributed by atoms with Gasteiger partial charge in [0.25, 0.3) is 5.91 Å². The van der Waals surface area contributed by atoms with E-state index in [9.17, 15) is 18.7 Å². The van der Waals surface area contributed by atoms with Crippen LogP contribution in [0.5, 0.6) is 5.75 Å². The largest absolute Gasteiger partial charge is 0.485 e. The second-order valence-corrected chi connectivity index (χ2v) is 7.35. The van der Waals surface area contributed by atoms with E-state index in [-0.39, 0.29) is 24.7 Å². The van der Waals surface area contributed by atoms with Crippen LogP contribution in [-0.4, -0.2) is 32.5 Å². The van der Waals surface area contributed by atoms with Crippen molar-refractivity contribution < 1.29 is 23.4 Å². The number of halogens is 2. The molecule has 29 heavy (non-hydrogen) atoms. The molecule has 1 aliphatic rings. The van der Waals surface area contributed by atoms with E-state index >= 15 is 0 Å². The van der Waals surface area contributed by atoms with Gasteiger partial charge in [-0.05, 0) is 50.5 Å². The van der Waals surface area contributed by atoms with Gasteiger partial charge in [-0.3, -0.25) is 9.20 Å². The van der Waals surface area contributed by atoms with E-state index in [1.165, 1.54) is 18.2 Å². The summed E-state index contributed by atoms with van der Waals surface area (Å²) >= 11 is 0. The van der Waals surface area contributed by atoms with E-state index < -0.39 is 17.2 Å². The molecule has 1 fully saturated rings. The zero-order chi connectivity index (χ0) is 20.6. The number of rotatable bonds is 6. The summed E-state index contributed by atoms with van der Waals surface area (Å²) in [7, 11) is 0. The number of aliphatic hydroxyl groups excluding tert-OH is 1. The molecular weight excluding hydrogens is 380 g/mol. The second kappa shape index (κ2) is 7.44. The van der Waals surface area contributed by atoms with Crippen molar-refractivity contribution in [2.45, 2.75) is 38.3 Å². The molecule has 0 saturated heterocycles. The molecule has 2 N–H and O–H groups in total. The van der Waals surface area contributed by atoms with Crippen LogP contribution >= 0.6 is 0 Å². The Morgan fingerprint density at radius 3 is 2.62 bits per heavy atom. The number of aliphatic hydroxyl groups is 1. The van der Waals surface area contributed by atoms with Gasteiger partial charge in [-0.2, -0.15) is 0 Å². The highest BCUT2D eigenvalue weighted by molar-refractivity contribution is 5.95. The Hall–Kier alpha value is -3.00. The summed E-state index contributed by atoms with van der Waals surface area (Å²) in [5, 5.41) is 12.5. The molecule has 0 spiro atoms. The minimum absolute atomic E-state index is 0.114. The Kier molecular flexibility index (Phi) is 4.96. The first-order chi connectivity index (χ1) is 13.9. The van der Waals surface area contributed by atoms with Crippen LogP contribution in [0.1, 0.15) is 41.0 Å². The number of nitrogens with zero attached hydrogens (tertiary/aromatic N) is 2. The van der Waals surface area contributed by atoms with Gasteiger partial charge >= 0.3 is 0 Å². The highest BCUT2D eigenvalue weighted by Gasteiger charge is 2.38. The van der Waals surface area contributed by atoms with Crippen LogP contribution in [0.25, 0.3) is 5.65 Å². The minimum Gasteiger partial charge on any atom is -0.485 e. The van der Waals surface area contributed by atoms with Crippen molar-refractivity contribution in [2.75, 3.05) is 6.61 Å². The van der Waals surface area contributed by atoms with E-state index in [2.05, 4.69) is 10.3 Å². The molecule has 1 amide bonds. The summed E-state index contributed by atoms with van der Waals surface area (Å²) in [5.74, 6) is -1.41. The zero-order valence-corrected chi connectivity index (χ0v) is 15.9. The van der Waals surface area contributed by atoms with Crippen LogP contribution in [0.15, 0.2) is 36.5 Å². The number of fused-ring (bicyclic) bond motifs is 1. The SMILES string of the molecule is Cc1nc2c(OCc3c(F)cccc3F)cccn2c1C(=O)NC1(CO)CCC1. The molecule has 4 rings (SSSR count). The third kappa shape index (κ3) is 3.44. The maximum Gasteiger partial charge on any atom is 0.270 e.